The molecule has 0 radical (unpaired) electrons. The fourth-order valence-corrected chi connectivity index (χ4v) is 1.86. The van der Waals surface area contributed by atoms with Crippen LogP contribution in [0.5, 0.6) is 11.5 Å². The maximum Gasteiger partial charge on any atom is 0.283 e. The first-order chi connectivity index (χ1) is 10.2. The van der Waals surface area contributed by atoms with Crippen LogP contribution in [-0.2, 0) is 0 Å². The number of H-pyrrole nitrogens is 1. The molecule has 0 aliphatic carbocycles. The van der Waals surface area contributed by atoms with Gasteiger partial charge in [0, 0.05) is 0 Å². The summed E-state index contributed by atoms with van der Waals surface area (Å²) in [7, 11) is 0. The average Bonchev–Trinajstić information content (AvgIpc) is 2.96. The molecule has 0 saturated heterocycles. The van der Waals surface area contributed by atoms with Crippen molar-refractivity contribution in [2.75, 3.05) is 18.6 Å². The Balaban J connectivity index is 2.17. The van der Waals surface area contributed by atoms with Crippen LogP contribution in [0.3, 0.4) is 0 Å². The molecule has 0 aliphatic heterocycles. The number of aromatic nitrogens is 4. The monoisotopic (exact) mass is 310 g/mol. The molecule has 2 aromatic rings. The molecule has 0 unspecified atom stereocenters. The number of aromatic amines is 1. The molecule has 0 bridgehead atoms. The van der Waals surface area contributed by atoms with Crippen molar-refractivity contribution < 1.29 is 9.47 Å². The van der Waals surface area contributed by atoms with E-state index in [2.05, 4.69) is 31.2 Å². The minimum absolute atomic E-state index is 0.272. The molecule has 112 valence electrons. The first-order valence-electron chi connectivity index (χ1n) is 6.36. The molecule has 2 rings (SSSR count). The lowest BCUT2D eigenvalue weighted by Gasteiger charge is -2.13. The van der Waals surface area contributed by atoms with Gasteiger partial charge in [0.25, 0.3) is 5.95 Å². The Hall–Kier alpha value is -2.35. The molecule has 0 aliphatic rings. The van der Waals surface area contributed by atoms with Gasteiger partial charge in [0.15, 0.2) is 11.5 Å². The Morgan fingerprint density at radius 1 is 1.33 bits per heavy atom. The summed E-state index contributed by atoms with van der Waals surface area (Å²) in [4.78, 5) is 0. The van der Waals surface area contributed by atoms with Gasteiger partial charge in [-0.3, -0.25) is 0 Å². The zero-order chi connectivity index (χ0) is 15.1. The third-order valence-corrected chi connectivity index (χ3v) is 2.62. The van der Waals surface area contributed by atoms with Crippen molar-refractivity contribution in [1.29, 1.82) is 0 Å². The molecule has 0 fully saturated rings. The number of nitrogens with zero attached hydrogens (tertiary/aromatic N) is 4. The highest BCUT2D eigenvalue weighted by molar-refractivity contribution is 6.32. The van der Waals surface area contributed by atoms with Gasteiger partial charge in [0.2, 0.25) is 0 Å². The van der Waals surface area contributed by atoms with Crippen molar-refractivity contribution in [3.8, 4) is 11.5 Å². The number of rotatable bonds is 7. The SMILES string of the molecule is CCOc1cc(C=NNc2nn[nH]n2)cc(Cl)c1OCC. The van der Waals surface area contributed by atoms with Crippen LogP contribution < -0.4 is 14.9 Å². The second-order valence-corrected chi connectivity index (χ2v) is 4.21. The molecule has 0 spiro atoms. The molecular weight excluding hydrogens is 296 g/mol. The van der Waals surface area contributed by atoms with E-state index in [1.807, 2.05) is 13.8 Å². The van der Waals surface area contributed by atoms with Gasteiger partial charge in [-0.2, -0.15) is 10.3 Å². The standard InChI is InChI=1S/C12H15ClN6O2/c1-3-20-10-6-8(5-9(13)11(10)21-4-2)7-14-15-12-16-18-19-17-12/h5-7H,3-4H2,1-2H3,(H2,15,16,17,18,19). The molecule has 21 heavy (non-hydrogen) atoms. The Bertz CT molecular complexity index is 602. The second-order valence-electron chi connectivity index (χ2n) is 3.80. The van der Waals surface area contributed by atoms with E-state index in [1.54, 1.807) is 18.3 Å². The molecule has 1 heterocycles. The molecule has 1 aromatic heterocycles. The number of hydrogen-bond acceptors (Lipinski definition) is 7. The Morgan fingerprint density at radius 2 is 2.14 bits per heavy atom. The fourth-order valence-electron chi connectivity index (χ4n) is 1.58. The van der Waals surface area contributed by atoms with Gasteiger partial charge in [-0.1, -0.05) is 16.7 Å². The first-order valence-corrected chi connectivity index (χ1v) is 6.74. The third kappa shape index (κ3) is 4.06. The number of hydrogen-bond donors (Lipinski definition) is 2. The quantitative estimate of drug-likeness (QED) is 0.600. The number of ether oxygens (including phenoxy) is 2. The van der Waals surface area contributed by atoms with Gasteiger partial charge in [-0.25, -0.2) is 5.43 Å². The minimum Gasteiger partial charge on any atom is -0.490 e. The average molecular weight is 311 g/mol. The van der Waals surface area contributed by atoms with Crippen LogP contribution in [-0.4, -0.2) is 40.1 Å². The summed E-state index contributed by atoms with van der Waals surface area (Å²) in [5, 5.41) is 17.6. The van der Waals surface area contributed by atoms with E-state index < -0.39 is 0 Å². The van der Waals surface area contributed by atoms with Crippen molar-refractivity contribution in [1.82, 2.24) is 20.6 Å². The number of benzene rings is 1. The largest absolute Gasteiger partial charge is 0.490 e. The normalized spacial score (nSPS) is 10.8. The highest BCUT2D eigenvalue weighted by Crippen LogP contribution is 2.36. The van der Waals surface area contributed by atoms with E-state index in [4.69, 9.17) is 21.1 Å². The predicted octanol–water partition coefficient (Wildman–Crippen LogP) is 2.10. The van der Waals surface area contributed by atoms with Crippen LogP contribution in [0.4, 0.5) is 5.95 Å². The number of nitrogens with one attached hydrogen (secondary N) is 2. The van der Waals surface area contributed by atoms with E-state index in [0.29, 0.717) is 29.7 Å². The summed E-state index contributed by atoms with van der Waals surface area (Å²) in [5.74, 6) is 1.38. The van der Waals surface area contributed by atoms with E-state index in [-0.39, 0.29) is 5.95 Å². The van der Waals surface area contributed by atoms with Gasteiger partial charge in [-0.15, -0.1) is 5.10 Å². The Kier molecular flexibility index (Phi) is 5.33. The van der Waals surface area contributed by atoms with Gasteiger partial charge in [0.05, 0.1) is 24.5 Å². The van der Waals surface area contributed by atoms with Crippen LogP contribution in [0.2, 0.25) is 5.02 Å². The summed E-state index contributed by atoms with van der Waals surface area (Å²) in [6.07, 6.45) is 1.57. The molecule has 8 nitrogen and oxygen atoms in total. The molecule has 9 heteroatoms. The van der Waals surface area contributed by atoms with Crippen molar-refractivity contribution in [3.63, 3.8) is 0 Å². The topological polar surface area (TPSA) is 97.3 Å². The molecule has 1 aromatic carbocycles. The number of hydrazone groups is 1. The van der Waals surface area contributed by atoms with E-state index >= 15 is 0 Å². The number of tetrazole rings is 1. The fraction of sp³-hybridized carbons (Fsp3) is 0.333. The minimum atomic E-state index is 0.272. The lowest BCUT2D eigenvalue weighted by Crippen LogP contribution is -2.00. The summed E-state index contributed by atoms with van der Waals surface area (Å²) >= 11 is 6.20. The van der Waals surface area contributed by atoms with Gasteiger partial charge in [0.1, 0.15) is 0 Å². The predicted molar refractivity (Wildman–Crippen MR) is 79.2 cm³/mol. The van der Waals surface area contributed by atoms with Crippen molar-refractivity contribution in [2.24, 2.45) is 5.10 Å². The Labute approximate surface area is 126 Å². The van der Waals surface area contributed by atoms with Crippen LogP contribution in [0.15, 0.2) is 17.2 Å². The molecule has 0 atom stereocenters. The van der Waals surface area contributed by atoms with Crippen LogP contribution in [0.25, 0.3) is 0 Å². The van der Waals surface area contributed by atoms with Crippen molar-refractivity contribution in [2.45, 2.75) is 13.8 Å². The maximum atomic E-state index is 6.20. The molecular formula is C12H15ClN6O2. The zero-order valence-corrected chi connectivity index (χ0v) is 12.4. The summed E-state index contributed by atoms with van der Waals surface area (Å²) in [6.45, 7) is 4.79. The second kappa shape index (κ2) is 7.44. The highest BCUT2D eigenvalue weighted by Gasteiger charge is 2.11. The molecule has 2 N–H and O–H groups in total. The molecule has 0 saturated carbocycles. The van der Waals surface area contributed by atoms with E-state index in [9.17, 15) is 0 Å². The van der Waals surface area contributed by atoms with Gasteiger partial charge >= 0.3 is 0 Å². The summed E-state index contributed by atoms with van der Waals surface area (Å²) < 4.78 is 11.0. The number of anilines is 1. The summed E-state index contributed by atoms with van der Waals surface area (Å²) in [5.41, 5.74) is 3.37. The lowest BCUT2D eigenvalue weighted by molar-refractivity contribution is 0.288. The zero-order valence-electron chi connectivity index (χ0n) is 11.6. The van der Waals surface area contributed by atoms with Crippen LogP contribution in [0, 0.1) is 0 Å². The van der Waals surface area contributed by atoms with E-state index in [1.165, 1.54) is 0 Å². The van der Waals surface area contributed by atoms with Crippen molar-refractivity contribution in [3.05, 3.63) is 22.7 Å². The van der Waals surface area contributed by atoms with Crippen LogP contribution in [0.1, 0.15) is 19.4 Å². The maximum absolute atomic E-state index is 6.20. The lowest BCUT2D eigenvalue weighted by atomic mass is 10.2. The Morgan fingerprint density at radius 3 is 2.81 bits per heavy atom. The first kappa shape index (κ1) is 15.0. The number of halogens is 1. The third-order valence-electron chi connectivity index (χ3n) is 2.34. The molecule has 0 amide bonds. The summed E-state index contributed by atoms with van der Waals surface area (Å²) in [6, 6.07) is 3.53. The smallest absolute Gasteiger partial charge is 0.283 e. The van der Waals surface area contributed by atoms with Gasteiger partial charge in [-0.05, 0) is 36.8 Å². The van der Waals surface area contributed by atoms with Gasteiger partial charge < -0.3 is 9.47 Å². The van der Waals surface area contributed by atoms with Crippen molar-refractivity contribution >= 4 is 23.8 Å². The van der Waals surface area contributed by atoms with Crippen LogP contribution >= 0.6 is 11.6 Å². The van der Waals surface area contributed by atoms with E-state index in [0.717, 1.165) is 5.56 Å². The highest BCUT2D eigenvalue weighted by atomic mass is 35.5.